The SMILES string of the molecule is CN(Cc1ccccc1)C(=O)c1ccccc1-c1ncnc2c1CCCC2. The number of rotatable bonds is 4. The lowest BCUT2D eigenvalue weighted by Crippen LogP contribution is -2.26. The van der Waals surface area contributed by atoms with Crippen LogP contribution >= 0.6 is 0 Å². The highest BCUT2D eigenvalue weighted by atomic mass is 16.2. The van der Waals surface area contributed by atoms with Crippen LogP contribution in [0.2, 0.25) is 0 Å². The van der Waals surface area contributed by atoms with Crippen molar-refractivity contribution in [3.05, 3.63) is 83.3 Å². The predicted octanol–water partition coefficient (Wildman–Crippen LogP) is 4.29. The van der Waals surface area contributed by atoms with Gasteiger partial charge in [-0.05, 0) is 37.3 Å². The fraction of sp³-hybridized carbons (Fsp3) is 0.261. The van der Waals surface area contributed by atoms with Crippen LogP contribution in [0, 0.1) is 0 Å². The average molecular weight is 357 g/mol. The van der Waals surface area contributed by atoms with Crippen LogP contribution in [0.3, 0.4) is 0 Å². The van der Waals surface area contributed by atoms with Crippen molar-refractivity contribution in [2.45, 2.75) is 32.2 Å². The van der Waals surface area contributed by atoms with E-state index in [0.29, 0.717) is 12.1 Å². The van der Waals surface area contributed by atoms with Crippen molar-refractivity contribution >= 4 is 5.91 Å². The molecule has 1 heterocycles. The molecule has 1 amide bonds. The van der Waals surface area contributed by atoms with E-state index in [-0.39, 0.29) is 5.91 Å². The largest absolute Gasteiger partial charge is 0.337 e. The number of hydrogen-bond acceptors (Lipinski definition) is 3. The number of hydrogen-bond donors (Lipinski definition) is 0. The van der Waals surface area contributed by atoms with Gasteiger partial charge in [0, 0.05) is 36.0 Å². The Hall–Kier alpha value is -3.01. The Balaban J connectivity index is 1.69. The van der Waals surface area contributed by atoms with E-state index in [0.717, 1.165) is 41.8 Å². The Labute approximate surface area is 159 Å². The fourth-order valence-corrected chi connectivity index (χ4v) is 3.76. The van der Waals surface area contributed by atoms with Gasteiger partial charge in [0.2, 0.25) is 0 Å². The standard InChI is InChI=1S/C23H23N3O/c1-26(15-17-9-3-2-4-10-17)23(27)19-12-6-5-11-18(19)22-20-13-7-8-14-21(20)24-16-25-22/h2-6,9-12,16H,7-8,13-15H2,1H3. The lowest BCUT2D eigenvalue weighted by atomic mass is 9.90. The van der Waals surface area contributed by atoms with Crippen LogP contribution in [0.25, 0.3) is 11.3 Å². The summed E-state index contributed by atoms with van der Waals surface area (Å²) in [5.41, 5.74) is 5.97. The summed E-state index contributed by atoms with van der Waals surface area (Å²) in [6.07, 6.45) is 5.93. The Morgan fingerprint density at radius 2 is 1.70 bits per heavy atom. The Bertz CT molecular complexity index is 953. The van der Waals surface area contributed by atoms with Crippen LogP contribution in [-0.2, 0) is 19.4 Å². The van der Waals surface area contributed by atoms with Crippen LogP contribution in [0.15, 0.2) is 60.9 Å². The van der Waals surface area contributed by atoms with E-state index in [9.17, 15) is 4.79 Å². The predicted molar refractivity (Wildman–Crippen MR) is 106 cm³/mol. The molecular weight excluding hydrogens is 334 g/mol. The zero-order valence-electron chi connectivity index (χ0n) is 15.6. The number of benzene rings is 2. The van der Waals surface area contributed by atoms with E-state index in [1.54, 1.807) is 11.2 Å². The van der Waals surface area contributed by atoms with Crippen LogP contribution in [-0.4, -0.2) is 27.8 Å². The maximum atomic E-state index is 13.2. The van der Waals surface area contributed by atoms with E-state index in [2.05, 4.69) is 9.97 Å². The molecule has 1 aromatic heterocycles. The van der Waals surface area contributed by atoms with Gasteiger partial charge in [0.25, 0.3) is 5.91 Å². The van der Waals surface area contributed by atoms with Gasteiger partial charge in [-0.1, -0.05) is 48.5 Å². The molecule has 136 valence electrons. The van der Waals surface area contributed by atoms with Crippen molar-refractivity contribution in [3.63, 3.8) is 0 Å². The third kappa shape index (κ3) is 3.61. The summed E-state index contributed by atoms with van der Waals surface area (Å²) in [6, 6.07) is 17.8. The molecule has 27 heavy (non-hydrogen) atoms. The Morgan fingerprint density at radius 1 is 0.963 bits per heavy atom. The van der Waals surface area contributed by atoms with E-state index in [1.807, 2.05) is 61.6 Å². The van der Waals surface area contributed by atoms with E-state index in [4.69, 9.17) is 0 Å². The molecule has 1 aliphatic rings. The second-order valence-corrected chi connectivity index (χ2v) is 7.05. The first-order chi connectivity index (χ1) is 13.2. The van der Waals surface area contributed by atoms with Crippen molar-refractivity contribution in [1.29, 1.82) is 0 Å². The highest BCUT2D eigenvalue weighted by molar-refractivity contribution is 6.00. The second-order valence-electron chi connectivity index (χ2n) is 7.05. The van der Waals surface area contributed by atoms with E-state index in [1.165, 1.54) is 12.0 Å². The van der Waals surface area contributed by atoms with E-state index < -0.39 is 0 Å². The first-order valence-electron chi connectivity index (χ1n) is 9.45. The van der Waals surface area contributed by atoms with Crippen molar-refractivity contribution in [2.24, 2.45) is 0 Å². The summed E-state index contributed by atoms with van der Waals surface area (Å²) < 4.78 is 0. The molecule has 4 rings (SSSR count). The molecular formula is C23H23N3O. The fourth-order valence-electron chi connectivity index (χ4n) is 3.76. The summed E-state index contributed by atoms with van der Waals surface area (Å²) in [6.45, 7) is 0.579. The highest BCUT2D eigenvalue weighted by Gasteiger charge is 2.22. The van der Waals surface area contributed by atoms with Crippen molar-refractivity contribution in [3.8, 4) is 11.3 Å². The lowest BCUT2D eigenvalue weighted by Gasteiger charge is -2.21. The number of carbonyl (C=O) groups excluding carboxylic acids is 1. The monoisotopic (exact) mass is 357 g/mol. The van der Waals surface area contributed by atoms with Gasteiger partial charge in [-0.25, -0.2) is 9.97 Å². The number of carbonyl (C=O) groups is 1. The summed E-state index contributed by atoms with van der Waals surface area (Å²) in [5.74, 6) is 0.0117. The zero-order valence-corrected chi connectivity index (χ0v) is 15.6. The van der Waals surface area contributed by atoms with Crippen molar-refractivity contribution in [2.75, 3.05) is 7.05 Å². The van der Waals surface area contributed by atoms with E-state index >= 15 is 0 Å². The molecule has 2 aromatic carbocycles. The lowest BCUT2D eigenvalue weighted by molar-refractivity contribution is 0.0786. The van der Waals surface area contributed by atoms with Gasteiger partial charge >= 0.3 is 0 Å². The molecule has 4 nitrogen and oxygen atoms in total. The van der Waals surface area contributed by atoms with Gasteiger partial charge in [0.05, 0.1) is 5.69 Å². The van der Waals surface area contributed by atoms with Gasteiger partial charge in [-0.3, -0.25) is 4.79 Å². The molecule has 0 atom stereocenters. The van der Waals surface area contributed by atoms with Crippen LogP contribution in [0.1, 0.15) is 40.0 Å². The normalized spacial score (nSPS) is 13.1. The summed E-state index contributed by atoms with van der Waals surface area (Å²) in [4.78, 5) is 24.0. The maximum absolute atomic E-state index is 13.2. The highest BCUT2D eigenvalue weighted by Crippen LogP contribution is 2.31. The average Bonchev–Trinajstić information content (AvgIpc) is 2.73. The number of aryl methyl sites for hydroxylation is 1. The summed E-state index contributed by atoms with van der Waals surface area (Å²) in [5, 5.41) is 0. The molecule has 0 saturated carbocycles. The molecule has 0 unspecified atom stereocenters. The van der Waals surface area contributed by atoms with Crippen LogP contribution in [0.4, 0.5) is 0 Å². The smallest absolute Gasteiger partial charge is 0.254 e. The van der Waals surface area contributed by atoms with Crippen LogP contribution < -0.4 is 0 Å². The third-order valence-electron chi connectivity index (χ3n) is 5.15. The minimum absolute atomic E-state index is 0.0117. The third-order valence-corrected chi connectivity index (χ3v) is 5.15. The molecule has 0 saturated heterocycles. The second kappa shape index (κ2) is 7.70. The van der Waals surface area contributed by atoms with Crippen LogP contribution in [0.5, 0.6) is 0 Å². The molecule has 0 spiro atoms. The molecule has 1 aliphatic carbocycles. The molecule has 0 bridgehead atoms. The zero-order chi connectivity index (χ0) is 18.6. The number of nitrogens with zero attached hydrogens (tertiary/aromatic N) is 3. The van der Waals surface area contributed by atoms with Gasteiger partial charge in [-0.2, -0.15) is 0 Å². The molecule has 0 aliphatic heterocycles. The topological polar surface area (TPSA) is 46.1 Å². The first-order valence-corrected chi connectivity index (χ1v) is 9.45. The minimum atomic E-state index is 0.0117. The molecule has 3 aromatic rings. The molecule has 0 fully saturated rings. The molecule has 4 heteroatoms. The van der Waals surface area contributed by atoms with Gasteiger partial charge in [0.1, 0.15) is 6.33 Å². The van der Waals surface area contributed by atoms with Gasteiger partial charge < -0.3 is 4.90 Å². The quantitative estimate of drug-likeness (QED) is 0.699. The Kier molecular flexibility index (Phi) is 4.97. The first kappa shape index (κ1) is 17.4. The summed E-state index contributed by atoms with van der Waals surface area (Å²) >= 11 is 0. The Morgan fingerprint density at radius 3 is 2.56 bits per heavy atom. The number of fused-ring (bicyclic) bond motifs is 1. The molecule has 0 N–H and O–H groups in total. The van der Waals surface area contributed by atoms with Gasteiger partial charge in [0.15, 0.2) is 0 Å². The van der Waals surface area contributed by atoms with Gasteiger partial charge in [-0.15, -0.1) is 0 Å². The number of amides is 1. The molecule has 0 radical (unpaired) electrons. The number of aromatic nitrogens is 2. The maximum Gasteiger partial charge on any atom is 0.254 e. The van der Waals surface area contributed by atoms with Crippen molar-refractivity contribution in [1.82, 2.24) is 14.9 Å². The summed E-state index contributed by atoms with van der Waals surface area (Å²) in [7, 11) is 1.85. The van der Waals surface area contributed by atoms with Crippen molar-refractivity contribution < 1.29 is 4.79 Å². The minimum Gasteiger partial charge on any atom is -0.337 e.